The van der Waals surface area contributed by atoms with Gasteiger partial charge in [0.15, 0.2) is 23.0 Å². The van der Waals surface area contributed by atoms with Gasteiger partial charge in [0.25, 0.3) is 45.9 Å². The first kappa shape index (κ1) is 47.5. The van der Waals surface area contributed by atoms with Crippen molar-refractivity contribution in [2.45, 2.75) is 6.92 Å². The molecule has 4 aromatic heterocycles. The van der Waals surface area contributed by atoms with Crippen molar-refractivity contribution in [2.24, 2.45) is 34.1 Å². The first-order valence-corrected chi connectivity index (χ1v) is 19.4. The Labute approximate surface area is 354 Å². The summed E-state index contributed by atoms with van der Waals surface area (Å²) in [7, 11) is 5.70. The molecule has 0 radical (unpaired) electrons. The van der Waals surface area contributed by atoms with E-state index >= 15 is 0 Å². The van der Waals surface area contributed by atoms with Gasteiger partial charge >= 0.3 is 0 Å². The number of amides is 4. The summed E-state index contributed by atoms with van der Waals surface area (Å²) in [5, 5.41) is 51.8. The number of rotatable bonds is 20. The van der Waals surface area contributed by atoms with Gasteiger partial charge in [-0.2, -0.15) is 0 Å². The maximum absolute atomic E-state index is 12.9. The normalized spacial score (nSPS) is 11.2. The molecule has 0 unspecified atom stereocenters. The predicted molar refractivity (Wildman–Crippen MR) is 225 cm³/mol. The van der Waals surface area contributed by atoms with Crippen LogP contribution in [0.5, 0.6) is 23.0 Å². The van der Waals surface area contributed by atoms with Crippen molar-refractivity contribution in [2.75, 3.05) is 65.4 Å². The average molecular weight is 865 g/mol. The molecule has 4 heterocycles. The van der Waals surface area contributed by atoms with Gasteiger partial charge in [-0.25, -0.2) is 0 Å². The Morgan fingerprint density at radius 2 is 0.677 bits per heavy atom. The number of carbonyl (C=O) groups is 4. The van der Waals surface area contributed by atoms with E-state index in [4.69, 9.17) is 0 Å². The molecule has 0 saturated carbocycles. The molecule has 0 spiro atoms. The lowest BCUT2D eigenvalue weighted by atomic mass is 10.1. The Balaban J connectivity index is 1.47. The Kier molecular flexibility index (Phi) is 16.4. The van der Waals surface area contributed by atoms with Gasteiger partial charge in [-0.3, -0.25) is 48.2 Å². The summed E-state index contributed by atoms with van der Waals surface area (Å²) in [5.41, 5.74) is -3.83. The summed E-state index contributed by atoms with van der Waals surface area (Å²) in [4.78, 5) is 104. The minimum atomic E-state index is -0.747. The number of nitrogens with one attached hydrogen (secondary N) is 4. The number of aryl methyl sites for hydroxylation is 4. The molecule has 0 bridgehead atoms. The zero-order chi connectivity index (χ0) is 45.8. The topological polar surface area (TPSA) is 292 Å². The summed E-state index contributed by atoms with van der Waals surface area (Å²) in [6.07, 6.45) is 5.38. The third-order valence-electron chi connectivity index (χ3n) is 9.94. The lowest BCUT2D eigenvalue weighted by Crippen LogP contribution is -2.45. The van der Waals surface area contributed by atoms with Crippen LogP contribution in [0.4, 0.5) is 0 Å². The molecule has 62 heavy (non-hydrogen) atoms. The van der Waals surface area contributed by atoms with E-state index in [0.717, 1.165) is 18.3 Å². The Hall–Kier alpha value is -7.20. The van der Waals surface area contributed by atoms with Crippen LogP contribution in [0.25, 0.3) is 0 Å². The van der Waals surface area contributed by atoms with Crippen LogP contribution in [0.2, 0.25) is 0 Å². The molecule has 334 valence electrons. The van der Waals surface area contributed by atoms with E-state index in [0.29, 0.717) is 13.1 Å². The van der Waals surface area contributed by atoms with Gasteiger partial charge in [-0.05, 0) is 30.2 Å². The van der Waals surface area contributed by atoms with E-state index < -0.39 is 68.9 Å². The molecule has 0 atom stereocenters. The molecule has 0 aliphatic carbocycles. The van der Waals surface area contributed by atoms with Gasteiger partial charge in [0.2, 0.25) is 0 Å². The summed E-state index contributed by atoms with van der Waals surface area (Å²) in [6.45, 7) is 3.73. The minimum Gasteiger partial charge on any atom is -0.502 e. The van der Waals surface area contributed by atoms with E-state index in [1.165, 1.54) is 77.2 Å². The number of aromatic nitrogens is 4. The van der Waals surface area contributed by atoms with Crippen LogP contribution in [0, 0.1) is 5.92 Å². The van der Waals surface area contributed by atoms with E-state index in [1.54, 1.807) is 0 Å². The van der Waals surface area contributed by atoms with E-state index in [2.05, 4.69) is 21.3 Å². The standard InChI is InChI=1S/C40H52N10O12/c1-24(22-49(18-10-41-33(55)25-6-14-45(2)37(59)29(25)51)19-11-42-34(56)26-7-15-46(3)38(60)30(26)52)23-50(20-12-43-35(57)27-8-16-47(4)39(61)31(27)53)21-13-44-36(58)28-9-17-48(5)40(62)32(28)54/h6-9,14-17,24,51-54H,10-13,18-23H2,1-5H3,(H,41,55)(H,42,56)(H,43,57)(H,44,58). The predicted octanol–water partition coefficient (Wildman–Crippen LogP) is -2.44. The highest BCUT2D eigenvalue weighted by atomic mass is 16.3. The number of carbonyl (C=O) groups excluding carboxylic acids is 4. The largest absolute Gasteiger partial charge is 0.502 e. The minimum absolute atomic E-state index is 0.0519. The van der Waals surface area contributed by atoms with Crippen molar-refractivity contribution in [3.63, 3.8) is 0 Å². The Morgan fingerprint density at radius 3 is 0.887 bits per heavy atom. The van der Waals surface area contributed by atoms with Gasteiger partial charge in [-0.15, -0.1) is 0 Å². The maximum atomic E-state index is 12.9. The first-order chi connectivity index (χ1) is 29.3. The third kappa shape index (κ3) is 12.0. The van der Waals surface area contributed by atoms with Gasteiger partial charge in [0.1, 0.15) is 0 Å². The molecule has 22 nitrogen and oxygen atoms in total. The molecule has 0 aromatic carbocycles. The van der Waals surface area contributed by atoms with Gasteiger partial charge in [0, 0.05) is 118 Å². The summed E-state index contributed by atoms with van der Waals surface area (Å²) in [6, 6.07) is 5.22. The van der Waals surface area contributed by atoms with Crippen molar-refractivity contribution in [3.05, 3.63) is 113 Å². The van der Waals surface area contributed by atoms with Crippen LogP contribution < -0.4 is 43.5 Å². The summed E-state index contributed by atoms with van der Waals surface area (Å²) >= 11 is 0. The fraction of sp³-hybridized carbons (Fsp3) is 0.400. The van der Waals surface area contributed by atoms with Gasteiger partial charge in [-0.1, -0.05) is 6.92 Å². The van der Waals surface area contributed by atoms with E-state index in [1.807, 2.05) is 16.7 Å². The number of nitrogens with zero attached hydrogens (tertiary/aromatic N) is 6. The van der Waals surface area contributed by atoms with Crippen molar-refractivity contribution < 1.29 is 39.6 Å². The fourth-order valence-electron chi connectivity index (χ4n) is 6.41. The van der Waals surface area contributed by atoms with Gasteiger partial charge in [0.05, 0.1) is 22.3 Å². The van der Waals surface area contributed by atoms with E-state index in [9.17, 15) is 58.8 Å². The number of hydrogen-bond acceptors (Lipinski definition) is 14. The SMILES string of the molecule is CC(CN(CCNC(=O)c1ccn(C)c(=O)c1O)CCNC(=O)c1ccn(C)c(=O)c1O)CN(CCNC(=O)c1ccn(C)c(=O)c1O)CCNC(=O)c1ccn(C)c(=O)c1O. The van der Waals surface area contributed by atoms with Crippen LogP contribution in [-0.2, 0) is 28.2 Å². The lowest BCUT2D eigenvalue weighted by molar-refractivity contribution is 0.0931. The average Bonchev–Trinajstić information content (AvgIpc) is 3.22. The van der Waals surface area contributed by atoms with Gasteiger partial charge < -0.3 is 60.0 Å². The van der Waals surface area contributed by atoms with Crippen molar-refractivity contribution in [3.8, 4) is 23.0 Å². The quantitative estimate of drug-likeness (QED) is 0.0459. The molecule has 0 aliphatic rings. The van der Waals surface area contributed by atoms with Crippen LogP contribution in [0.3, 0.4) is 0 Å². The molecule has 4 rings (SSSR count). The number of aromatic hydroxyl groups is 4. The Morgan fingerprint density at radius 1 is 0.468 bits per heavy atom. The van der Waals surface area contributed by atoms with Crippen molar-refractivity contribution >= 4 is 23.6 Å². The number of pyridine rings is 4. The molecule has 8 N–H and O–H groups in total. The molecule has 4 amide bonds. The van der Waals surface area contributed by atoms with Crippen LogP contribution in [-0.4, -0.2) is 138 Å². The second kappa shape index (κ2) is 21.4. The summed E-state index contributed by atoms with van der Waals surface area (Å²) < 4.78 is 4.49. The molecular weight excluding hydrogens is 812 g/mol. The Bertz CT molecular complexity index is 2200. The third-order valence-corrected chi connectivity index (χ3v) is 9.94. The fourth-order valence-corrected chi connectivity index (χ4v) is 6.41. The van der Waals surface area contributed by atoms with Crippen LogP contribution in [0.1, 0.15) is 48.4 Å². The zero-order valence-corrected chi connectivity index (χ0v) is 35.0. The molecular formula is C40H52N10O12. The van der Waals surface area contributed by atoms with Crippen molar-refractivity contribution in [1.82, 2.24) is 49.3 Å². The second-order valence-corrected chi connectivity index (χ2v) is 14.7. The maximum Gasteiger partial charge on any atom is 0.293 e. The molecule has 0 saturated heterocycles. The molecule has 4 aromatic rings. The highest BCUT2D eigenvalue weighted by Crippen LogP contribution is 2.13. The van der Waals surface area contributed by atoms with Crippen LogP contribution >= 0.6 is 0 Å². The smallest absolute Gasteiger partial charge is 0.293 e. The molecule has 0 fully saturated rings. The zero-order valence-electron chi connectivity index (χ0n) is 35.0. The van der Waals surface area contributed by atoms with E-state index in [-0.39, 0.29) is 80.5 Å². The number of hydrogen-bond donors (Lipinski definition) is 8. The molecule has 22 heteroatoms. The first-order valence-electron chi connectivity index (χ1n) is 19.4. The highest BCUT2D eigenvalue weighted by Gasteiger charge is 2.21. The molecule has 0 aliphatic heterocycles. The van der Waals surface area contributed by atoms with Crippen molar-refractivity contribution in [1.29, 1.82) is 0 Å². The lowest BCUT2D eigenvalue weighted by Gasteiger charge is -2.30. The monoisotopic (exact) mass is 864 g/mol. The van der Waals surface area contributed by atoms with Crippen LogP contribution in [0.15, 0.2) is 68.2 Å². The highest BCUT2D eigenvalue weighted by molar-refractivity contribution is 5.98. The second-order valence-electron chi connectivity index (χ2n) is 14.7. The summed E-state index contributed by atoms with van der Waals surface area (Å²) in [5.74, 6) is -5.75.